The van der Waals surface area contributed by atoms with Crippen molar-refractivity contribution in [2.45, 2.75) is 120 Å². The summed E-state index contributed by atoms with van der Waals surface area (Å²) in [4.78, 5) is 152. The van der Waals surface area contributed by atoms with E-state index in [0.29, 0.717) is 11.1 Å². The second kappa shape index (κ2) is 29.7. The number of aromatic hydroxyl groups is 1. The number of phenols is 1. The minimum atomic E-state index is -1.91. The highest BCUT2D eigenvalue weighted by atomic mass is 16.4. The number of nitrogens with two attached hydrogens (primary N) is 1. The fraction of sp³-hybridized carbons (Fsp3) is 0.467. The first-order valence-corrected chi connectivity index (χ1v) is 22.2. The first-order valence-electron chi connectivity index (χ1n) is 22.2. The van der Waals surface area contributed by atoms with Gasteiger partial charge in [0.2, 0.25) is 41.4 Å². The summed E-state index contributed by atoms with van der Waals surface area (Å²) in [5, 5.41) is 72.5. The van der Waals surface area contributed by atoms with Gasteiger partial charge in [0.05, 0.1) is 19.0 Å². The van der Waals surface area contributed by atoms with Gasteiger partial charge in [-0.05, 0) is 48.4 Å². The predicted molar refractivity (Wildman–Crippen MR) is 244 cm³/mol. The number of carbonyl (C=O) groups is 12. The van der Waals surface area contributed by atoms with Crippen LogP contribution in [0.2, 0.25) is 0 Å². The average Bonchev–Trinajstić information content (AvgIpc) is 3.31. The van der Waals surface area contributed by atoms with E-state index in [2.05, 4.69) is 37.2 Å². The van der Waals surface area contributed by atoms with Gasteiger partial charge in [0.1, 0.15) is 42.0 Å². The van der Waals surface area contributed by atoms with Crippen LogP contribution in [0.3, 0.4) is 0 Å². The van der Waals surface area contributed by atoms with Gasteiger partial charge in [-0.1, -0.05) is 62.7 Å². The number of phenolic OH excluding ortho intramolecular Hbond substituents is 1. The number of hydrogen-bond acceptors (Lipinski definition) is 14. The van der Waals surface area contributed by atoms with Gasteiger partial charge in [-0.3, -0.25) is 52.7 Å². The van der Waals surface area contributed by atoms with Crippen LogP contribution in [0.15, 0.2) is 54.6 Å². The lowest BCUT2D eigenvalue weighted by Crippen LogP contribution is -2.60. The number of rotatable bonds is 32. The standard InChI is InChI=1S/C45H60N8O18/c1-3-23(2)38(53-42(67)29(15-18-36(60)61)49-39(64)27(46)13-16-34(56)57)44(69)51-30(20-25-9-11-26(54)12-10-25)40(65)47-22-33(55)48-28(14-17-35(58)59)41(66)50-31(19-24-7-5-4-6-8-24)43(68)52-32(45(70)71)21-37(62)63/h4-12,23,27-32,38,54H,3,13-22,46H2,1-2H3,(H,47,65)(H,48,55)(H,49,64)(H,50,66)(H,51,69)(H,52,68)(H,53,67)(H,56,57)(H,58,59)(H,60,61)(H,62,63)(H,70,71)/t23-,27-,28-,29-,30-,31-,32-,38-/m0/s1. The van der Waals surface area contributed by atoms with Crippen LogP contribution < -0.4 is 43.0 Å². The van der Waals surface area contributed by atoms with E-state index in [1.54, 1.807) is 44.2 Å². The lowest BCUT2D eigenvalue weighted by molar-refractivity contribution is -0.147. The van der Waals surface area contributed by atoms with Crippen molar-refractivity contribution in [2.24, 2.45) is 11.7 Å². The highest BCUT2D eigenvalue weighted by molar-refractivity contribution is 5.97. The molecule has 0 fully saturated rings. The van der Waals surface area contributed by atoms with Gasteiger partial charge in [-0.25, -0.2) is 4.79 Å². The molecular formula is C45H60N8O18. The molecule has 26 heteroatoms. The first kappa shape index (κ1) is 59.0. The van der Waals surface area contributed by atoms with Crippen LogP contribution in [0.1, 0.15) is 76.3 Å². The molecule has 7 amide bonds. The van der Waals surface area contributed by atoms with Crippen LogP contribution in [0.5, 0.6) is 5.75 Å². The van der Waals surface area contributed by atoms with Crippen LogP contribution in [0, 0.1) is 5.92 Å². The van der Waals surface area contributed by atoms with E-state index >= 15 is 0 Å². The second-order valence-electron chi connectivity index (χ2n) is 16.4. The minimum absolute atomic E-state index is 0.140. The summed E-state index contributed by atoms with van der Waals surface area (Å²) < 4.78 is 0. The fourth-order valence-corrected chi connectivity index (χ4v) is 6.57. The molecule has 71 heavy (non-hydrogen) atoms. The smallest absolute Gasteiger partial charge is 0.326 e. The molecule has 2 rings (SSSR count). The Morgan fingerprint density at radius 2 is 0.958 bits per heavy atom. The molecule has 0 unspecified atom stereocenters. The summed E-state index contributed by atoms with van der Waals surface area (Å²) in [5.41, 5.74) is 6.62. The van der Waals surface area contributed by atoms with Crippen molar-refractivity contribution in [2.75, 3.05) is 6.54 Å². The maximum atomic E-state index is 14.0. The van der Waals surface area contributed by atoms with Gasteiger partial charge >= 0.3 is 29.8 Å². The number of carboxylic acid groups (broad SMARTS) is 5. The normalized spacial score (nSPS) is 14.2. The van der Waals surface area contributed by atoms with Crippen molar-refractivity contribution < 1.29 is 88.2 Å². The Morgan fingerprint density at radius 3 is 1.48 bits per heavy atom. The lowest BCUT2D eigenvalue weighted by Gasteiger charge is -2.28. The molecule has 0 bridgehead atoms. The monoisotopic (exact) mass is 1000 g/mol. The van der Waals surface area contributed by atoms with Gasteiger partial charge in [-0.15, -0.1) is 0 Å². The van der Waals surface area contributed by atoms with Crippen LogP contribution in [0.25, 0.3) is 0 Å². The Hall–Kier alpha value is -8.16. The Kier molecular flexibility index (Phi) is 24.6. The molecule has 0 radical (unpaired) electrons. The fourth-order valence-electron chi connectivity index (χ4n) is 6.57. The van der Waals surface area contributed by atoms with Crippen molar-refractivity contribution in [1.82, 2.24) is 37.2 Å². The van der Waals surface area contributed by atoms with E-state index in [4.69, 9.17) is 15.9 Å². The zero-order chi connectivity index (χ0) is 53.4. The molecule has 0 saturated heterocycles. The van der Waals surface area contributed by atoms with Gasteiger partial charge in [0.25, 0.3) is 0 Å². The van der Waals surface area contributed by atoms with E-state index in [1.165, 1.54) is 24.3 Å². The van der Waals surface area contributed by atoms with E-state index < -0.39 is 164 Å². The van der Waals surface area contributed by atoms with Crippen LogP contribution in [-0.2, 0) is 70.4 Å². The molecule has 0 spiro atoms. The van der Waals surface area contributed by atoms with Crippen LogP contribution >= 0.6 is 0 Å². The molecule has 0 aromatic heterocycles. The van der Waals surface area contributed by atoms with E-state index in [0.717, 1.165) is 0 Å². The summed E-state index contributed by atoms with van der Waals surface area (Å²) in [5.74, 6) is -15.3. The molecule has 0 aliphatic heterocycles. The van der Waals surface area contributed by atoms with Crippen LogP contribution in [0.4, 0.5) is 0 Å². The highest BCUT2D eigenvalue weighted by Gasteiger charge is 2.35. The Labute approximate surface area is 405 Å². The first-order chi connectivity index (χ1) is 33.4. The van der Waals surface area contributed by atoms with Gasteiger partial charge < -0.3 is 73.6 Å². The summed E-state index contributed by atoms with van der Waals surface area (Å²) in [7, 11) is 0. The third-order valence-corrected chi connectivity index (χ3v) is 10.7. The van der Waals surface area contributed by atoms with Crippen molar-refractivity contribution in [3.8, 4) is 5.75 Å². The molecule has 388 valence electrons. The Morgan fingerprint density at radius 1 is 0.507 bits per heavy atom. The SMILES string of the molecule is CC[C@H](C)[C@H](NC(=O)[C@H](CCC(=O)O)NC(=O)[C@@H](N)CCC(=O)O)C(=O)N[C@@H](Cc1ccc(O)cc1)C(=O)NCC(=O)N[C@@H](CCC(=O)O)C(=O)N[C@@H](Cc1ccccc1)C(=O)N[C@@H](CC(=O)O)C(=O)O. The number of aliphatic carboxylic acids is 5. The third kappa shape index (κ3) is 22.2. The largest absolute Gasteiger partial charge is 0.508 e. The summed E-state index contributed by atoms with van der Waals surface area (Å²) in [6, 6.07) is 2.30. The lowest BCUT2D eigenvalue weighted by atomic mass is 9.96. The van der Waals surface area contributed by atoms with E-state index in [1.807, 2.05) is 0 Å². The number of carboxylic acids is 5. The minimum Gasteiger partial charge on any atom is -0.508 e. The maximum Gasteiger partial charge on any atom is 0.326 e. The molecule has 8 atom stereocenters. The average molecular weight is 1000 g/mol. The van der Waals surface area contributed by atoms with Crippen LogP contribution in [-0.4, -0.2) is 151 Å². The predicted octanol–water partition coefficient (Wildman–Crippen LogP) is -2.27. The zero-order valence-corrected chi connectivity index (χ0v) is 38.8. The van der Waals surface area contributed by atoms with Gasteiger partial charge in [-0.2, -0.15) is 0 Å². The molecule has 26 nitrogen and oxygen atoms in total. The molecule has 15 N–H and O–H groups in total. The van der Waals surface area contributed by atoms with E-state index in [-0.39, 0.29) is 31.4 Å². The zero-order valence-electron chi connectivity index (χ0n) is 38.8. The van der Waals surface area contributed by atoms with Crippen molar-refractivity contribution in [3.63, 3.8) is 0 Å². The Bertz CT molecular complexity index is 2230. The maximum absolute atomic E-state index is 14.0. The van der Waals surface area contributed by atoms with Crippen molar-refractivity contribution in [3.05, 3.63) is 65.7 Å². The molecule has 2 aromatic rings. The molecule has 0 heterocycles. The molecular weight excluding hydrogens is 941 g/mol. The number of carbonyl (C=O) groups excluding carboxylic acids is 7. The number of benzene rings is 2. The quantitative estimate of drug-likeness (QED) is 0.0367. The van der Waals surface area contributed by atoms with Gasteiger partial charge in [0.15, 0.2) is 0 Å². The molecule has 0 aliphatic rings. The number of nitrogens with one attached hydrogen (secondary N) is 7. The summed E-state index contributed by atoms with van der Waals surface area (Å²) in [6.07, 6.45) is -4.45. The number of hydrogen-bond donors (Lipinski definition) is 14. The topological polar surface area (TPSA) is 436 Å². The van der Waals surface area contributed by atoms with E-state index in [9.17, 15) is 78.0 Å². The van der Waals surface area contributed by atoms with Crippen molar-refractivity contribution >= 4 is 71.2 Å². The van der Waals surface area contributed by atoms with Gasteiger partial charge in [0, 0.05) is 32.1 Å². The number of amides is 7. The summed E-state index contributed by atoms with van der Waals surface area (Å²) in [6.45, 7) is 2.34. The summed E-state index contributed by atoms with van der Waals surface area (Å²) >= 11 is 0. The molecule has 2 aromatic carbocycles. The molecule has 0 aliphatic carbocycles. The highest BCUT2D eigenvalue weighted by Crippen LogP contribution is 2.14. The van der Waals surface area contributed by atoms with Crippen molar-refractivity contribution in [1.29, 1.82) is 0 Å². The Balaban J connectivity index is 2.37. The third-order valence-electron chi connectivity index (χ3n) is 10.7. The second-order valence-corrected chi connectivity index (χ2v) is 16.4. The molecule has 0 saturated carbocycles.